The quantitative estimate of drug-likeness (QED) is 0.197. The number of hydrogen-bond donors (Lipinski definition) is 5. The Morgan fingerprint density at radius 1 is 0.951 bits per heavy atom. The van der Waals surface area contributed by atoms with E-state index < -0.39 is 17.2 Å². The number of hydrogen-bond acceptors (Lipinski definition) is 6. The molecule has 8 nitrogen and oxygen atoms in total. The van der Waals surface area contributed by atoms with Gasteiger partial charge in [0.25, 0.3) is 0 Å². The highest BCUT2D eigenvalue weighted by Gasteiger charge is 2.39. The second-order valence-electron chi connectivity index (χ2n) is 11.2. The van der Waals surface area contributed by atoms with E-state index >= 15 is 0 Å². The molecule has 0 bridgehead atoms. The maximum atomic E-state index is 14.1. The van der Waals surface area contributed by atoms with Crippen LogP contribution in [-0.4, -0.2) is 48.1 Å². The van der Waals surface area contributed by atoms with E-state index in [1.807, 2.05) is 72.1 Å². The third-order valence-electron chi connectivity index (χ3n) is 7.83. The van der Waals surface area contributed by atoms with Gasteiger partial charge in [0.2, 0.25) is 17.7 Å². The van der Waals surface area contributed by atoms with E-state index in [0.717, 1.165) is 32.0 Å². The lowest BCUT2D eigenvalue weighted by atomic mass is 9.88. The minimum absolute atomic E-state index is 0.270. The number of thiophene rings is 1. The Balaban J connectivity index is 1.44. The summed E-state index contributed by atoms with van der Waals surface area (Å²) in [7, 11) is 0. The van der Waals surface area contributed by atoms with E-state index in [1.165, 1.54) is 6.92 Å². The van der Waals surface area contributed by atoms with Crippen molar-refractivity contribution in [2.45, 2.75) is 56.8 Å². The van der Waals surface area contributed by atoms with Crippen LogP contribution in [0.5, 0.6) is 0 Å². The van der Waals surface area contributed by atoms with Crippen LogP contribution in [0.25, 0.3) is 20.9 Å². The minimum atomic E-state index is -1.11. The van der Waals surface area contributed by atoms with E-state index in [4.69, 9.17) is 5.73 Å². The van der Waals surface area contributed by atoms with Crippen LogP contribution in [0.2, 0.25) is 0 Å². The molecule has 1 aliphatic heterocycles. The Morgan fingerprint density at radius 3 is 2.39 bits per heavy atom. The van der Waals surface area contributed by atoms with Crippen molar-refractivity contribution < 1.29 is 14.4 Å². The summed E-state index contributed by atoms with van der Waals surface area (Å²) in [6.07, 6.45) is 1.62. The second-order valence-corrected chi connectivity index (χ2v) is 12.1. The van der Waals surface area contributed by atoms with Crippen molar-refractivity contribution in [3.05, 3.63) is 83.2 Å². The molecule has 4 aromatic rings. The second kappa shape index (κ2) is 12.0. The maximum Gasteiger partial charge on any atom is 0.244 e. The number of amides is 3. The first-order valence-electron chi connectivity index (χ1n) is 14.0. The molecule has 0 spiro atoms. The largest absolute Gasteiger partial charge is 0.342 e. The summed E-state index contributed by atoms with van der Waals surface area (Å²) in [5.74, 6) is -0.996. The van der Waals surface area contributed by atoms with Crippen molar-refractivity contribution in [2.24, 2.45) is 5.73 Å². The third-order valence-corrected chi connectivity index (χ3v) is 8.84. The van der Waals surface area contributed by atoms with Crippen molar-refractivity contribution in [1.82, 2.24) is 21.3 Å². The number of carbonyl (C=O) groups is 3. The summed E-state index contributed by atoms with van der Waals surface area (Å²) in [5.41, 5.74) is 6.32. The average Bonchev–Trinajstić information content (AvgIpc) is 3.35. The van der Waals surface area contributed by atoms with Gasteiger partial charge < -0.3 is 27.0 Å². The first kappa shape index (κ1) is 28.7. The fourth-order valence-corrected chi connectivity index (χ4v) is 6.69. The molecule has 2 atom stereocenters. The fraction of sp³-hybridized carbons (Fsp3) is 0.344. The zero-order chi connectivity index (χ0) is 29.0. The molecule has 2 heterocycles. The number of carbonyl (C=O) groups excluding carboxylic acids is 3. The highest BCUT2D eigenvalue weighted by Crippen LogP contribution is 2.27. The van der Waals surface area contributed by atoms with Crippen LogP contribution in [0.1, 0.15) is 37.8 Å². The zero-order valence-electron chi connectivity index (χ0n) is 23.5. The van der Waals surface area contributed by atoms with Crippen LogP contribution in [0.15, 0.2) is 72.1 Å². The lowest BCUT2D eigenvalue weighted by Crippen LogP contribution is -2.66. The highest BCUT2D eigenvalue weighted by atomic mass is 32.1. The van der Waals surface area contributed by atoms with Crippen molar-refractivity contribution >= 4 is 49.9 Å². The number of fused-ring (bicyclic) bond motifs is 2. The molecule has 5 rings (SSSR count). The monoisotopic (exact) mass is 571 g/mol. The van der Waals surface area contributed by atoms with Gasteiger partial charge in [0.1, 0.15) is 11.7 Å². The lowest BCUT2D eigenvalue weighted by molar-refractivity contribution is -0.134. The van der Waals surface area contributed by atoms with Crippen LogP contribution >= 0.6 is 11.3 Å². The minimum Gasteiger partial charge on any atom is -0.342 e. The molecule has 1 saturated heterocycles. The normalized spacial score (nSPS) is 17.0. The fourth-order valence-electron chi connectivity index (χ4n) is 5.72. The summed E-state index contributed by atoms with van der Waals surface area (Å²) >= 11 is 1.60. The average molecular weight is 572 g/mol. The van der Waals surface area contributed by atoms with Crippen molar-refractivity contribution in [2.75, 3.05) is 13.1 Å². The maximum absolute atomic E-state index is 14.1. The van der Waals surface area contributed by atoms with Crippen molar-refractivity contribution in [3.8, 4) is 0 Å². The summed E-state index contributed by atoms with van der Waals surface area (Å²) in [6, 6.07) is 21.1. The van der Waals surface area contributed by atoms with E-state index in [0.29, 0.717) is 38.8 Å². The summed E-state index contributed by atoms with van der Waals surface area (Å²) in [6.45, 7) is 4.51. The molecule has 3 aromatic carbocycles. The van der Waals surface area contributed by atoms with Crippen LogP contribution in [0, 0.1) is 0 Å². The standard InChI is InChI=1S/C32H37N5O3S/c1-21(38)36-31(2,19-23-10-7-9-22-8-3-4-11-25(22)23)37-29(39)27(35-30(40)32(33)14-16-34-17-15-32)18-24-20-41-28-13-6-5-12-26(24)28/h3-13,20,27,34H,14-19,33H2,1-2H3,(H,35,40)(H,36,38)(H,37,39)/t27-,31-/m1/s1. The molecule has 41 heavy (non-hydrogen) atoms. The summed E-state index contributed by atoms with van der Waals surface area (Å²) < 4.78 is 1.11. The topological polar surface area (TPSA) is 125 Å². The van der Waals surface area contributed by atoms with Gasteiger partial charge in [-0.3, -0.25) is 14.4 Å². The van der Waals surface area contributed by atoms with E-state index in [2.05, 4.69) is 21.3 Å². The van der Waals surface area contributed by atoms with Gasteiger partial charge in [0, 0.05) is 24.5 Å². The van der Waals surface area contributed by atoms with Gasteiger partial charge >= 0.3 is 0 Å². The first-order chi connectivity index (χ1) is 19.7. The molecule has 9 heteroatoms. The molecule has 0 unspecified atom stereocenters. The Kier molecular flexibility index (Phi) is 8.40. The van der Waals surface area contributed by atoms with Crippen LogP contribution < -0.4 is 27.0 Å². The predicted molar refractivity (Wildman–Crippen MR) is 164 cm³/mol. The Morgan fingerprint density at radius 2 is 1.63 bits per heavy atom. The molecule has 0 aliphatic carbocycles. The molecular formula is C32H37N5O3S. The third kappa shape index (κ3) is 6.59. The van der Waals surface area contributed by atoms with Gasteiger partial charge in [-0.15, -0.1) is 11.3 Å². The van der Waals surface area contributed by atoms with Crippen LogP contribution in [0.3, 0.4) is 0 Å². The summed E-state index contributed by atoms with van der Waals surface area (Å²) in [5, 5.41) is 17.5. The van der Waals surface area contributed by atoms with Gasteiger partial charge in [-0.25, -0.2) is 0 Å². The smallest absolute Gasteiger partial charge is 0.244 e. The van der Waals surface area contributed by atoms with Gasteiger partial charge in [-0.05, 0) is 71.6 Å². The predicted octanol–water partition coefficient (Wildman–Crippen LogP) is 3.37. The number of rotatable bonds is 9. The van der Waals surface area contributed by atoms with Gasteiger partial charge in [-0.1, -0.05) is 60.7 Å². The Labute approximate surface area is 244 Å². The van der Waals surface area contributed by atoms with Crippen LogP contribution in [0.4, 0.5) is 0 Å². The van der Waals surface area contributed by atoms with E-state index in [9.17, 15) is 14.4 Å². The van der Waals surface area contributed by atoms with Gasteiger partial charge in [-0.2, -0.15) is 0 Å². The molecule has 0 radical (unpaired) electrons. The molecule has 1 aromatic heterocycles. The van der Waals surface area contributed by atoms with Crippen molar-refractivity contribution in [1.29, 1.82) is 0 Å². The Hall–Kier alpha value is -3.79. The SMILES string of the molecule is CC(=O)N[C@@](C)(Cc1cccc2ccccc12)NC(=O)[C@@H](Cc1csc2ccccc12)NC(=O)C1(N)CCNCC1. The zero-order valence-corrected chi connectivity index (χ0v) is 24.3. The van der Waals surface area contributed by atoms with E-state index in [1.54, 1.807) is 18.3 Å². The lowest BCUT2D eigenvalue weighted by Gasteiger charge is -2.36. The molecule has 1 aliphatic rings. The van der Waals surface area contributed by atoms with Gasteiger partial charge in [0.15, 0.2) is 0 Å². The van der Waals surface area contributed by atoms with Crippen LogP contribution in [-0.2, 0) is 27.2 Å². The molecular weight excluding hydrogens is 534 g/mol. The number of piperidine rings is 1. The number of nitrogens with one attached hydrogen (secondary N) is 4. The number of nitrogens with two attached hydrogens (primary N) is 1. The molecule has 0 saturated carbocycles. The van der Waals surface area contributed by atoms with E-state index in [-0.39, 0.29) is 17.7 Å². The Bertz CT molecular complexity index is 1570. The van der Waals surface area contributed by atoms with Crippen molar-refractivity contribution in [3.63, 3.8) is 0 Å². The molecule has 1 fully saturated rings. The molecule has 3 amide bonds. The number of benzene rings is 3. The molecule has 6 N–H and O–H groups in total. The molecule has 214 valence electrons. The first-order valence-corrected chi connectivity index (χ1v) is 14.9. The van der Waals surface area contributed by atoms with Gasteiger partial charge in [0.05, 0.1) is 5.54 Å². The summed E-state index contributed by atoms with van der Waals surface area (Å²) in [4.78, 5) is 39.9. The highest BCUT2D eigenvalue weighted by molar-refractivity contribution is 7.17.